The monoisotopic (exact) mass is 276 g/mol. The van der Waals surface area contributed by atoms with Crippen LogP contribution >= 0.6 is 30.2 Å². The van der Waals surface area contributed by atoms with Crippen LogP contribution in [-0.4, -0.2) is 18.6 Å². The van der Waals surface area contributed by atoms with Gasteiger partial charge in [0.1, 0.15) is 0 Å². The first kappa shape index (κ1) is 10.6. The Balaban J connectivity index is 4.34. The zero-order valence-electron chi connectivity index (χ0n) is 5.96. The molecule has 0 N–H and O–H groups in total. The zero-order chi connectivity index (χ0) is 8.20. The molecule has 0 aromatic carbocycles. The molecule has 0 aliphatic rings. The Morgan fingerprint density at radius 3 is 2.10 bits per heavy atom. The first-order valence-corrected chi connectivity index (χ1v) is 5.63. The van der Waals surface area contributed by atoms with Crippen LogP contribution in [0.4, 0.5) is 0 Å². The van der Waals surface area contributed by atoms with Gasteiger partial charge in [0.05, 0.1) is 0 Å². The lowest BCUT2D eigenvalue weighted by Gasteiger charge is -2.13. The third-order valence-corrected chi connectivity index (χ3v) is 4.44. The highest BCUT2D eigenvalue weighted by Crippen LogP contribution is 2.54. The number of hydrogen-bond donors (Lipinski definition) is 0. The van der Waals surface area contributed by atoms with Crippen LogP contribution in [0.2, 0.25) is 0 Å². The lowest BCUT2D eigenvalue weighted by molar-refractivity contribution is 0.283. The van der Waals surface area contributed by atoms with Gasteiger partial charge in [0, 0.05) is 24.0 Å². The number of hydrogen-bond acceptors (Lipinski definition) is 3. The first-order valence-electron chi connectivity index (χ1n) is 2.56. The van der Waals surface area contributed by atoms with Gasteiger partial charge in [-0.3, -0.25) is 4.57 Å². The van der Waals surface area contributed by atoms with Gasteiger partial charge in [0.15, 0.2) is 0 Å². The van der Waals surface area contributed by atoms with Crippen molar-refractivity contribution in [2.75, 3.05) is 18.6 Å². The van der Waals surface area contributed by atoms with E-state index in [2.05, 4.69) is 38.2 Å². The van der Waals surface area contributed by atoms with E-state index in [1.807, 2.05) is 0 Å². The molecule has 0 aliphatic heterocycles. The fourth-order valence-electron chi connectivity index (χ4n) is 0.406. The molecule has 0 atom stereocenters. The van der Waals surface area contributed by atoms with E-state index in [-0.39, 0.29) is 0 Å². The Hall–Kier alpha value is 0.620. The molecule has 0 aromatic rings. The Bertz CT molecular complexity index is 160. The van der Waals surface area contributed by atoms with Crippen molar-refractivity contribution < 1.29 is 13.6 Å². The molecule has 0 amide bonds. The molecule has 10 heavy (non-hydrogen) atoms. The minimum atomic E-state index is -2.97. The van der Waals surface area contributed by atoms with Crippen molar-refractivity contribution in [3.63, 3.8) is 0 Å². The van der Waals surface area contributed by atoms with Crippen molar-refractivity contribution in [1.82, 2.24) is 0 Å². The largest absolute Gasteiger partial charge is 0.356 e. The summed E-state index contributed by atoms with van der Waals surface area (Å²) in [4.78, 5) is 0. The molecular formula is C5H10IO3P. The Morgan fingerprint density at radius 2 is 2.00 bits per heavy atom. The van der Waals surface area contributed by atoms with Crippen molar-refractivity contribution in [2.45, 2.75) is 0 Å². The van der Waals surface area contributed by atoms with Gasteiger partial charge >= 0.3 is 7.60 Å². The highest BCUT2D eigenvalue weighted by atomic mass is 127. The van der Waals surface area contributed by atoms with E-state index in [1.165, 1.54) is 14.2 Å². The van der Waals surface area contributed by atoms with Gasteiger partial charge in [-0.2, -0.15) is 0 Å². The number of alkyl halides is 1. The molecule has 0 radical (unpaired) electrons. The molecule has 0 aromatic heterocycles. The van der Waals surface area contributed by atoms with E-state index in [0.717, 1.165) is 0 Å². The Morgan fingerprint density at radius 1 is 1.60 bits per heavy atom. The van der Waals surface area contributed by atoms with E-state index in [9.17, 15) is 4.57 Å². The quantitative estimate of drug-likeness (QED) is 0.449. The summed E-state index contributed by atoms with van der Waals surface area (Å²) in [6.07, 6.45) is 0. The van der Waals surface area contributed by atoms with E-state index >= 15 is 0 Å². The molecule has 0 heterocycles. The molecule has 0 unspecified atom stereocenters. The van der Waals surface area contributed by atoms with Crippen molar-refractivity contribution in [1.29, 1.82) is 0 Å². The average Bonchev–Trinajstić information content (AvgIpc) is 2.01. The molecule has 60 valence electrons. The van der Waals surface area contributed by atoms with Crippen LogP contribution in [0, 0.1) is 0 Å². The van der Waals surface area contributed by atoms with Crippen molar-refractivity contribution in [2.24, 2.45) is 0 Å². The molecule has 0 rings (SSSR count). The third kappa shape index (κ3) is 2.34. The molecule has 5 heteroatoms. The highest BCUT2D eigenvalue weighted by molar-refractivity contribution is 14.1. The summed E-state index contributed by atoms with van der Waals surface area (Å²) in [5.41, 5.74) is 0. The lowest BCUT2D eigenvalue weighted by atomic mass is 10.8. The second-order valence-electron chi connectivity index (χ2n) is 1.56. The summed E-state index contributed by atoms with van der Waals surface area (Å²) in [5, 5.41) is 0.498. The van der Waals surface area contributed by atoms with Gasteiger partial charge in [0.25, 0.3) is 0 Å². The minimum Gasteiger partial charge on any atom is -0.309 e. The zero-order valence-corrected chi connectivity index (χ0v) is 9.02. The molecule has 0 saturated carbocycles. The average molecular weight is 276 g/mol. The number of halogens is 1. The van der Waals surface area contributed by atoms with Gasteiger partial charge in [-0.1, -0.05) is 29.2 Å². The highest BCUT2D eigenvalue weighted by Gasteiger charge is 2.23. The van der Waals surface area contributed by atoms with Crippen LogP contribution in [0.25, 0.3) is 0 Å². The fourth-order valence-corrected chi connectivity index (χ4v) is 2.47. The summed E-state index contributed by atoms with van der Waals surface area (Å²) in [6, 6.07) is 0. The van der Waals surface area contributed by atoms with Crippen molar-refractivity contribution >= 4 is 30.2 Å². The van der Waals surface area contributed by atoms with Crippen LogP contribution in [0.15, 0.2) is 11.9 Å². The second-order valence-corrected chi connectivity index (χ2v) is 4.68. The predicted molar refractivity (Wildman–Crippen MR) is 49.7 cm³/mol. The van der Waals surface area contributed by atoms with Crippen LogP contribution in [0.3, 0.4) is 0 Å². The minimum absolute atomic E-state index is 0.498. The van der Waals surface area contributed by atoms with E-state index in [4.69, 9.17) is 0 Å². The van der Waals surface area contributed by atoms with Gasteiger partial charge < -0.3 is 9.05 Å². The maximum atomic E-state index is 11.3. The second kappa shape index (κ2) is 4.49. The van der Waals surface area contributed by atoms with Crippen molar-refractivity contribution in [3.8, 4) is 0 Å². The maximum Gasteiger partial charge on any atom is 0.356 e. The van der Waals surface area contributed by atoms with Crippen molar-refractivity contribution in [3.05, 3.63) is 11.9 Å². The topological polar surface area (TPSA) is 35.5 Å². The molecule has 0 saturated heterocycles. The number of allylic oxidation sites excluding steroid dienone is 1. The lowest BCUT2D eigenvalue weighted by Crippen LogP contribution is -1.91. The summed E-state index contributed by atoms with van der Waals surface area (Å²) >= 11 is 2.05. The van der Waals surface area contributed by atoms with E-state index in [1.54, 1.807) is 0 Å². The molecule has 0 aliphatic carbocycles. The van der Waals surface area contributed by atoms with Gasteiger partial charge in [-0.05, 0) is 0 Å². The molecule has 3 nitrogen and oxygen atoms in total. The first-order chi connectivity index (χ1) is 4.60. The van der Waals surface area contributed by atoms with Gasteiger partial charge in [-0.15, -0.1) is 0 Å². The summed E-state index contributed by atoms with van der Waals surface area (Å²) in [6.45, 7) is 3.57. The fraction of sp³-hybridized carbons (Fsp3) is 0.600. The normalized spacial score (nSPS) is 11.5. The predicted octanol–water partition coefficient (Wildman–Crippen LogP) is 2.42. The van der Waals surface area contributed by atoms with Crippen LogP contribution in [-0.2, 0) is 13.6 Å². The van der Waals surface area contributed by atoms with Gasteiger partial charge in [-0.25, -0.2) is 0 Å². The van der Waals surface area contributed by atoms with Crippen LogP contribution in [0.5, 0.6) is 0 Å². The molecule has 0 bridgehead atoms. The van der Waals surface area contributed by atoms with E-state index in [0.29, 0.717) is 9.74 Å². The van der Waals surface area contributed by atoms with Gasteiger partial charge in [0.2, 0.25) is 0 Å². The Labute approximate surface area is 74.5 Å². The molecule has 0 spiro atoms. The summed E-state index contributed by atoms with van der Waals surface area (Å²) < 4.78 is 21.3. The Kier molecular flexibility index (Phi) is 4.77. The summed E-state index contributed by atoms with van der Waals surface area (Å²) in [7, 11) is -0.276. The maximum absolute atomic E-state index is 11.3. The van der Waals surface area contributed by atoms with Crippen LogP contribution < -0.4 is 0 Å². The molecule has 0 fully saturated rings. The summed E-state index contributed by atoms with van der Waals surface area (Å²) in [5.74, 6) is 0. The standard InChI is InChI=1S/C5H10IO3P/c1-5(4-6)10(7,8-2)9-3/h1,4H2,2-3H3. The molecular weight excluding hydrogens is 266 g/mol. The van der Waals surface area contributed by atoms with Crippen LogP contribution in [0.1, 0.15) is 0 Å². The van der Waals surface area contributed by atoms with E-state index < -0.39 is 7.60 Å². The smallest absolute Gasteiger partial charge is 0.309 e. The SMILES string of the molecule is C=C(CI)P(=O)(OC)OC. The number of rotatable bonds is 4. The third-order valence-electron chi connectivity index (χ3n) is 1.02.